The number of carbonyl (C=O) groups is 1. The van der Waals surface area contributed by atoms with Crippen LogP contribution < -0.4 is 20.5 Å². The van der Waals surface area contributed by atoms with Crippen molar-refractivity contribution in [1.82, 2.24) is 19.7 Å². The van der Waals surface area contributed by atoms with Crippen LogP contribution >= 0.6 is 0 Å². The molecule has 0 saturated heterocycles. The second-order valence-corrected chi connectivity index (χ2v) is 7.25. The average Bonchev–Trinajstić information content (AvgIpc) is 3.57. The topological polar surface area (TPSA) is 87.4 Å². The van der Waals surface area contributed by atoms with Crippen LogP contribution in [0.15, 0.2) is 53.3 Å². The van der Waals surface area contributed by atoms with E-state index in [9.17, 15) is 14.0 Å². The number of hydrogen-bond acceptors (Lipinski definition) is 5. The summed E-state index contributed by atoms with van der Waals surface area (Å²) in [4.78, 5) is 24.8. The summed E-state index contributed by atoms with van der Waals surface area (Å²) in [5.74, 6) is 1.13. The quantitative estimate of drug-likeness (QED) is 0.568. The Kier molecular flexibility index (Phi) is 6.01. The lowest BCUT2D eigenvalue weighted by Crippen LogP contribution is -2.34. The molecular formula is C22H23FN4O4. The van der Waals surface area contributed by atoms with Gasteiger partial charge in [0.25, 0.3) is 5.91 Å². The largest absolute Gasteiger partial charge is 0.497 e. The summed E-state index contributed by atoms with van der Waals surface area (Å²) in [7, 11) is 1.57. The zero-order valence-electron chi connectivity index (χ0n) is 17.1. The number of carbonyl (C=O) groups excluding carboxylic acids is 1. The lowest BCUT2D eigenvalue weighted by atomic mass is 10.2. The number of benzene rings is 2. The van der Waals surface area contributed by atoms with Crippen LogP contribution in [0.25, 0.3) is 11.4 Å². The first-order chi connectivity index (χ1) is 15.0. The number of nitrogens with one attached hydrogen (secondary N) is 1. The summed E-state index contributed by atoms with van der Waals surface area (Å²) in [6.07, 6.45) is 1.83. The normalized spacial score (nSPS) is 13.1. The van der Waals surface area contributed by atoms with Gasteiger partial charge in [-0.3, -0.25) is 9.36 Å². The summed E-state index contributed by atoms with van der Waals surface area (Å²) in [5, 5.41) is 7.15. The van der Waals surface area contributed by atoms with Gasteiger partial charge >= 0.3 is 5.69 Å². The Morgan fingerprint density at radius 3 is 2.45 bits per heavy atom. The summed E-state index contributed by atoms with van der Waals surface area (Å²) in [6, 6.07) is 13.0. The number of amides is 1. The molecule has 1 amide bonds. The van der Waals surface area contributed by atoms with Crippen molar-refractivity contribution >= 4 is 5.91 Å². The molecule has 8 nitrogen and oxygen atoms in total. The van der Waals surface area contributed by atoms with E-state index in [1.54, 1.807) is 48.1 Å². The number of nitrogens with zero attached hydrogens (tertiary/aromatic N) is 3. The molecular weight excluding hydrogens is 403 g/mol. The van der Waals surface area contributed by atoms with E-state index in [1.165, 1.54) is 16.8 Å². The molecule has 3 aromatic rings. The molecule has 1 N–H and O–H groups in total. The Hall–Kier alpha value is -3.62. The van der Waals surface area contributed by atoms with Crippen LogP contribution in [0.2, 0.25) is 0 Å². The fourth-order valence-corrected chi connectivity index (χ4v) is 3.20. The van der Waals surface area contributed by atoms with Crippen LogP contribution in [-0.4, -0.2) is 40.5 Å². The Morgan fingerprint density at radius 2 is 1.81 bits per heavy atom. The van der Waals surface area contributed by atoms with Gasteiger partial charge in [-0.15, -0.1) is 5.10 Å². The highest BCUT2D eigenvalue weighted by Gasteiger charge is 2.30. The zero-order valence-corrected chi connectivity index (χ0v) is 17.1. The Morgan fingerprint density at radius 1 is 1.13 bits per heavy atom. The molecule has 9 heteroatoms. The first-order valence-electron chi connectivity index (χ1n) is 10.0. The number of hydrogen-bond donors (Lipinski definition) is 1. The Bertz CT molecular complexity index is 1100. The molecule has 1 saturated carbocycles. The average molecular weight is 426 g/mol. The molecule has 162 valence electrons. The van der Waals surface area contributed by atoms with Crippen LogP contribution in [0.4, 0.5) is 4.39 Å². The molecule has 1 aromatic heterocycles. The standard InChI is InChI=1S/C22H23FN4O4/c1-30-18-8-10-19(11-9-18)31-14-20(28)24-12-13-26-22(29)27(17-6-7-17)21(25-26)15-2-4-16(23)5-3-15/h2-5,8-11,17H,6-7,12-14H2,1H3,(H,24,28). The first-order valence-corrected chi connectivity index (χ1v) is 10.0. The molecule has 31 heavy (non-hydrogen) atoms. The number of methoxy groups -OCH3 is 1. The molecule has 0 spiro atoms. The predicted octanol–water partition coefficient (Wildman–Crippen LogP) is 2.39. The molecule has 1 aliphatic carbocycles. The van der Waals surface area contributed by atoms with E-state index in [0.717, 1.165) is 12.8 Å². The second kappa shape index (κ2) is 9.03. The van der Waals surface area contributed by atoms with Gasteiger partial charge in [0.2, 0.25) is 0 Å². The highest BCUT2D eigenvalue weighted by molar-refractivity contribution is 5.77. The smallest absolute Gasteiger partial charge is 0.346 e. The summed E-state index contributed by atoms with van der Waals surface area (Å²) in [6.45, 7) is 0.314. The van der Waals surface area contributed by atoms with E-state index in [0.29, 0.717) is 22.9 Å². The van der Waals surface area contributed by atoms with Crippen molar-refractivity contribution in [2.75, 3.05) is 20.3 Å². The highest BCUT2D eigenvalue weighted by atomic mass is 19.1. The minimum absolute atomic E-state index is 0.119. The third kappa shape index (κ3) is 4.93. The monoisotopic (exact) mass is 426 g/mol. The van der Waals surface area contributed by atoms with E-state index in [4.69, 9.17) is 9.47 Å². The van der Waals surface area contributed by atoms with Gasteiger partial charge in [-0.1, -0.05) is 0 Å². The van der Waals surface area contributed by atoms with Gasteiger partial charge in [-0.05, 0) is 61.4 Å². The summed E-state index contributed by atoms with van der Waals surface area (Å²) in [5.41, 5.74) is 0.451. The number of rotatable bonds is 9. The van der Waals surface area contributed by atoms with Crippen molar-refractivity contribution in [3.05, 3.63) is 64.8 Å². The van der Waals surface area contributed by atoms with Gasteiger partial charge in [0.15, 0.2) is 12.4 Å². The summed E-state index contributed by atoms with van der Waals surface area (Å²) < 4.78 is 26.8. The van der Waals surface area contributed by atoms with Crippen LogP contribution in [0.1, 0.15) is 18.9 Å². The number of ether oxygens (including phenoxy) is 2. The molecule has 0 unspecified atom stereocenters. The SMILES string of the molecule is COc1ccc(OCC(=O)NCCn2nc(-c3ccc(F)cc3)n(C3CC3)c2=O)cc1. The van der Waals surface area contributed by atoms with Gasteiger partial charge in [0.1, 0.15) is 17.3 Å². The first kappa shape index (κ1) is 20.6. The second-order valence-electron chi connectivity index (χ2n) is 7.25. The lowest BCUT2D eigenvalue weighted by molar-refractivity contribution is -0.123. The molecule has 0 aliphatic heterocycles. The maximum Gasteiger partial charge on any atom is 0.346 e. The van der Waals surface area contributed by atoms with Gasteiger partial charge in [0.05, 0.1) is 13.7 Å². The van der Waals surface area contributed by atoms with Crippen molar-refractivity contribution in [3.63, 3.8) is 0 Å². The van der Waals surface area contributed by atoms with Crippen LogP contribution in [0.3, 0.4) is 0 Å². The fourth-order valence-electron chi connectivity index (χ4n) is 3.20. The zero-order chi connectivity index (χ0) is 21.8. The molecule has 1 heterocycles. The van der Waals surface area contributed by atoms with E-state index in [-0.39, 0.29) is 43.2 Å². The predicted molar refractivity (Wildman–Crippen MR) is 112 cm³/mol. The molecule has 0 atom stereocenters. The van der Waals surface area contributed by atoms with Gasteiger partial charge in [0, 0.05) is 18.2 Å². The molecule has 0 radical (unpaired) electrons. The molecule has 4 rings (SSSR count). The molecule has 1 fully saturated rings. The van der Waals surface area contributed by atoms with Crippen LogP contribution in [0.5, 0.6) is 11.5 Å². The minimum atomic E-state index is -0.344. The third-order valence-electron chi connectivity index (χ3n) is 4.96. The van der Waals surface area contributed by atoms with Crippen molar-refractivity contribution in [2.45, 2.75) is 25.4 Å². The van der Waals surface area contributed by atoms with Gasteiger partial charge in [-0.2, -0.15) is 0 Å². The maximum absolute atomic E-state index is 13.3. The molecule has 0 bridgehead atoms. The van der Waals surface area contributed by atoms with Crippen molar-refractivity contribution in [3.8, 4) is 22.9 Å². The van der Waals surface area contributed by atoms with Crippen LogP contribution in [0, 0.1) is 5.82 Å². The molecule has 1 aliphatic rings. The summed E-state index contributed by atoms with van der Waals surface area (Å²) >= 11 is 0. The van der Waals surface area contributed by atoms with E-state index in [1.807, 2.05) is 0 Å². The Balaban J connectivity index is 1.35. The van der Waals surface area contributed by atoms with Crippen molar-refractivity contribution in [1.29, 1.82) is 0 Å². The van der Waals surface area contributed by atoms with Gasteiger partial charge < -0.3 is 14.8 Å². The van der Waals surface area contributed by atoms with E-state index >= 15 is 0 Å². The van der Waals surface area contributed by atoms with Crippen molar-refractivity contribution < 1.29 is 18.7 Å². The number of halogens is 1. The fraction of sp³-hybridized carbons (Fsp3) is 0.318. The maximum atomic E-state index is 13.3. The van der Waals surface area contributed by atoms with Gasteiger partial charge in [-0.25, -0.2) is 13.9 Å². The van der Waals surface area contributed by atoms with E-state index < -0.39 is 0 Å². The number of aromatic nitrogens is 3. The molecule has 2 aromatic carbocycles. The van der Waals surface area contributed by atoms with E-state index in [2.05, 4.69) is 10.4 Å². The minimum Gasteiger partial charge on any atom is -0.497 e. The van der Waals surface area contributed by atoms with Crippen LogP contribution in [-0.2, 0) is 11.3 Å². The van der Waals surface area contributed by atoms with Crippen molar-refractivity contribution in [2.24, 2.45) is 0 Å². The lowest BCUT2D eigenvalue weighted by Gasteiger charge is -2.08. The third-order valence-corrected chi connectivity index (χ3v) is 4.96. The Labute approximate surface area is 178 Å². The highest BCUT2D eigenvalue weighted by Crippen LogP contribution is 2.36.